The summed E-state index contributed by atoms with van der Waals surface area (Å²) in [7, 11) is 0. The fourth-order valence-corrected chi connectivity index (χ4v) is 2.96. The molecule has 1 atom stereocenters. The Labute approximate surface area is 120 Å². The van der Waals surface area contributed by atoms with Crippen molar-refractivity contribution in [3.8, 4) is 0 Å². The number of rotatable bonds is 4. The van der Waals surface area contributed by atoms with Crippen molar-refractivity contribution < 1.29 is 19.2 Å². The predicted molar refractivity (Wildman–Crippen MR) is 77.2 cm³/mol. The van der Waals surface area contributed by atoms with E-state index in [1.807, 2.05) is 6.07 Å². The van der Waals surface area contributed by atoms with Crippen LogP contribution in [0.4, 0.5) is 0 Å². The van der Waals surface area contributed by atoms with Gasteiger partial charge in [-0.1, -0.05) is 30.3 Å². The number of hydrogen-bond donors (Lipinski definition) is 0. The van der Waals surface area contributed by atoms with Crippen LogP contribution in [0.15, 0.2) is 35.9 Å². The Hall–Kier alpha value is -2.88. The van der Waals surface area contributed by atoms with Crippen LogP contribution in [0.1, 0.15) is 27.4 Å². The van der Waals surface area contributed by atoms with Crippen molar-refractivity contribution in [1.82, 2.24) is 0 Å². The second-order valence-electron chi connectivity index (χ2n) is 4.81. The number of benzene rings is 2. The topological polar surface area (TPSA) is 68.3 Å². The highest BCUT2D eigenvalue weighted by atomic mass is 16.1. The van der Waals surface area contributed by atoms with E-state index in [1.165, 1.54) is 0 Å². The Morgan fingerprint density at radius 2 is 1.67 bits per heavy atom. The third-order valence-corrected chi connectivity index (χ3v) is 3.87. The molecule has 102 valence electrons. The largest absolute Gasteiger partial charge is 0.302 e. The minimum atomic E-state index is -0.777. The van der Waals surface area contributed by atoms with Crippen LogP contribution in [0.25, 0.3) is 16.3 Å². The Bertz CT molecular complexity index is 830. The quantitative estimate of drug-likeness (QED) is 0.803. The molecular formula is C17H10O4. The molecule has 0 saturated carbocycles. The molecule has 0 fully saturated rings. The maximum atomic E-state index is 11.5. The van der Waals surface area contributed by atoms with Gasteiger partial charge in [0.25, 0.3) is 0 Å². The van der Waals surface area contributed by atoms with E-state index in [9.17, 15) is 19.2 Å². The molecule has 1 aliphatic carbocycles. The van der Waals surface area contributed by atoms with Crippen molar-refractivity contribution in [1.29, 1.82) is 0 Å². The van der Waals surface area contributed by atoms with E-state index >= 15 is 0 Å². The van der Waals surface area contributed by atoms with Gasteiger partial charge in [0.15, 0.2) is 12.6 Å². The third kappa shape index (κ3) is 1.69. The van der Waals surface area contributed by atoms with Gasteiger partial charge in [0.1, 0.15) is 12.6 Å². The van der Waals surface area contributed by atoms with Crippen LogP contribution in [0.3, 0.4) is 0 Å². The fraction of sp³-hybridized carbons (Fsp3) is 0.0588. The maximum Gasteiger partial charge on any atom is 0.151 e. The standard InChI is InChI=1S/C17H10O4/c18-6-11-5-4-10-2-1-3-12-13(7-19)14(8-20)15(9-21)17(11)16(10)12/h1-9,13H. The molecule has 0 radical (unpaired) electrons. The summed E-state index contributed by atoms with van der Waals surface area (Å²) < 4.78 is 0. The van der Waals surface area contributed by atoms with Crippen molar-refractivity contribution >= 4 is 41.5 Å². The van der Waals surface area contributed by atoms with Crippen LogP contribution < -0.4 is 0 Å². The summed E-state index contributed by atoms with van der Waals surface area (Å²) in [5, 5.41) is 1.51. The summed E-state index contributed by atoms with van der Waals surface area (Å²) in [6, 6.07) is 8.74. The summed E-state index contributed by atoms with van der Waals surface area (Å²) in [6.45, 7) is 0. The Balaban J connectivity index is 2.58. The molecule has 0 aliphatic heterocycles. The minimum Gasteiger partial charge on any atom is -0.302 e. The van der Waals surface area contributed by atoms with Crippen LogP contribution in [0.5, 0.6) is 0 Å². The van der Waals surface area contributed by atoms with Gasteiger partial charge in [-0.15, -0.1) is 0 Å². The SMILES string of the molecule is O=CC1=C(C=O)C(C=O)c2cccc3ccc(C=O)c1c23. The zero-order valence-corrected chi connectivity index (χ0v) is 10.9. The highest BCUT2D eigenvalue weighted by molar-refractivity contribution is 6.24. The van der Waals surface area contributed by atoms with Gasteiger partial charge in [-0.25, -0.2) is 0 Å². The Morgan fingerprint density at radius 1 is 0.857 bits per heavy atom. The van der Waals surface area contributed by atoms with E-state index in [4.69, 9.17) is 0 Å². The smallest absolute Gasteiger partial charge is 0.151 e. The van der Waals surface area contributed by atoms with Crippen molar-refractivity contribution in [3.05, 3.63) is 52.6 Å². The third-order valence-electron chi connectivity index (χ3n) is 3.87. The molecule has 1 aliphatic rings. The molecule has 0 heterocycles. The molecule has 1 unspecified atom stereocenters. The highest BCUT2D eigenvalue weighted by Crippen LogP contribution is 2.42. The first-order chi connectivity index (χ1) is 10.3. The lowest BCUT2D eigenvalue weighted by Crippen LogP contribution is -2.15. The van der Waals surface area contributed by atoms with Gasteiger partial charge in [-0.2, -0.15) is 0 Å². The molecule has 21 heavy (non-hydrogen) atoms. The van der Waals surface area contributed by atoms with E-state index < -0.39 is 5.92 Å². The lowest BCUT2D eigenvalue weighted by molar-refractivity contribution is -0.110. The Kier molecular flexibility index (Phi) is 3.06. The maximum absolute atomic E-state index is 11.5. The fourth-order valence-electron chi connectivity index (χ4n) is 2.96. The van der Waals surface area contributed by atoms with E-state index in [-0.39, 0.29) is 11.1 Å². The molecule has 0 aromatic heterocycles. The monoisotopic (exact) mass is 278 g/mol. The summed E-state index contributed by atoms with van der Waals surface area (Å²) in [5.74, 6) is -0.777. The molecule has 3 rings (SSSR count). The van der Waals surface area contributed by atoms with Gasteiger partial charge in [0, 0.05) is 22.3 Å². The van der Waals surface area contributed by atoms with Crippen LogP contribution >= 0.6 is 0 Å². The minimum absolute atomic E-state index is 0.106. The van der Waals surface area contributed by atoms with Gasteiger partial charge in [-0.05, 0) is 16.3 Å². The second-order valence-corrected chi connectivity index (χ2v) is 4.81. The molecule has 2 aromatic carbocycles. The summed E-state index contributed by atoms with van der Waals surface area (Å²) in [5.41, 5.74) is 1.64. The van der Waals surface area contributed by atoms with Crippen LogP contribution in [-0.4, -0.2) is 25.1 Å². The number of aldehydes is 4. The Morgan fingerprint density at radius 3 is 2.29 bits per heavy atom. The molecule has 0 amide bonds. The van der Waals surface area contributed by atoms with Gasteiger partial charge < -0.3 is 4.79 Å². The molecule has 0 bridgehead atoms. The molecule has 4 nitrogen and oxygen atoms in total. The summed E-state index contributed by atoms with van der Waals surface area (Å²) in [4.78, 5) is 45.5. The van der Waals surface area contributed by atoms with Gasteiger partial charge in [-0.3, -0.25) is 14.4 Å². The van der Waals surface area contributed by atoms with Gasteiger partial charge in [0.05, 0.1) is 5.92 Å². The van der Waals surface area contributed by atoms with Crippen molar-refractivity contribution in [2.45, 2.75) is 5.92 Å². The molecule has 4 heteroatoms. The molecule has 0 spiro atoms. The van der Waals surface area contributed by atoms with E-state index in [1.54, 1.807) is 24.3 Å². The predicted octanol–water partition coefficient (Wildman–Crippen LogP) is 2.10. The first-order valence-electron chi connectivity index (χ1n) is 6.37. The normalized spacial score (nSPS) is 16.7. The lowest BCUT2D eigenvalue weighted by Gasteiger charge is -2.24. The molecule has 0 N–H and O–H groups in total. The number of hydrogen-bond acceptors (Lipinski definition) is 4. The first kappa shape index (κ1) is 13.1. The van der Waals surface area contributed by atoms with Gasteiger partial charge in [0.2, 0.25) is 0 Å². The van der Waals surface area contributed by atoms with Crippen molar-refractivity contribution in [3.63, 3.8) is 0 Å². The lowest BCUT2D eigenvalue weighted by atomic mass is 9.77. The molecular weight excluding hydrogens is 268 g/mol. The molecule has 0 saturated heterocycles. The van der Waals surface area contributed by atoms with Crippen molar-refractivity contribution in [2.24, 2.45) is 0 Å². The number of allylic oxidation sites excluding steroid dienone is 2. The van der Waals surface area contributed by atoms with Crippen LogP contribution in [0.2, 0.25) is 0 Å². The van der Waals surface area contributed by atoms with Crippen LogP contribution in [0, 0.1) is 0 Å². The van der Waals surface area contributed by atoms with E-state index in [0.29, 0.717) is 47.2 Å². The highest BCUT2D eigenvalue weighted by Gasteiger charge is 2.30. The zero-order valence-electron chi connectivity index (χ0n) is 10.9. The van der Waals surface area contributed by atoms with Crippen LogP contribution in [-0.2, 0) is 14.4 Å². The van der Waals surface area contributed by atoms with E-state index in [2.05, 4.69) is 0 Å². The summed E-state index contributed by atoms with van der Waals surface area (Å²) >= 11 is 0. The van der Waals surface area contributed by atoms with Crippen molar-refractivity contribution in [2.75, 3.05) is 0 Å². The molecule has 2 aromatic rings. The summed E-state index contributed by atoms with van der Waals surface area (Å²) in [6.07, 6.45) is 2.36. The first-order valence-corrected chi connectivity index (χ1v) is 6.37. The zero-order chi connectivity index (χ0) is 15.0. The number of carbonyl (C=O) groups excluding carboxylic acids is 4. The average Bonchev–Trinajstić information content (AvgIpc) is 2.54. The van der Waals surface area contributed by atoms with Gasteiger partial charge >= 0.3 is 0 Å². The van der Waals surface area contributed by atoms with E-state index in [0.717, 1.165) is 5.39 Å². The average molecular weight is 278 g/mol. The number of carbonyl (C=O) groups is 4. The second kappa shape index (κ2) is 4.90.